The van der Waals surface area contributed by atoms with Gasteiger partial charge in [0.15, 0.2) is 9.84 Å². The molecule has 1 heterocycles. The van der Waals surface area contributed by atoms with Crippen LogP contribution < -0.4 is 5.56 Å². The molecule has 0 N–H and O–H groups in total. The lowest BCUT2D eigenvalue weighted by molar-refractivity contribution is 0.584. The Morgan fingerprint density at radius 2 is 2.06 bits per heavy atom. The van der Waals surface area contributed by atoms with Gasteiger partial charge in [0.1, 0.15) is 4.47 Å². The van der Waals surface area contributed by atoms with Gasteiger partial charge in [0.25, 0.3) is 5.56 Å². The first-order valence-corrected chi connectivity index (χ1v) is 7.91. The van der Waals surface area contributed by atoms with E-state index in [4.69, 9.17) is 0 Å². The quantitative estimate of drug-likeness (QED) is 0.815. The molecule has 0 aliphatic rings. The zero-order chi connectivity index (χ0) is 13.1. The molecular formula is C10H15BrN2O3S. The average Bonchev–Trinajstić information content (AvgIpc) is 2.25. The van der Waals surface area contributed by atoms with E-state index >= 15 is 0 Å². The van der Waals surface area contributed by atoms with Gasteiger partial charge < -0.3 is 0 Å². The number of rotatable bonds is 5. The van der Waals surface area contributed by atoms with Crippen molar-refractivity contribution in [1.29, 1.82) is 0 Å². The van der Waals surface area contributed by atoms with E-state index in [0.717, 1.165) is 0 Å². The van der Waals surface area contributed by atoms with Gasteiger partial charge in [-0.05, 0) is 29.3 Å². The highest BCUT2D eigenvalue weighted by Gasteiger charge is 2.11. The molecule has 0 atom stereocenters. The van der Waals surface area contributed by atoms with E-state index in [1.165, 1.54) is 10.9 Å². The number of hydrogen-bond donors (Lipinski definition) is 0. The van der Waals surface area contributed by atoms with E-state index < -0.39 is 9.84 Å². The minimum atomic E-state index is -3.07. The minimum absolute atomic E-state index is 0.0298. The Bertz CT molecular complexity index is 551. The Morgan fingerprint density at radius 1 is 1.41 bits per heavy atom. The molecule has 1 rings (SSSR count). The number of hydrogen-bond acceptors (Lipinski definition) is 4. The maximum Gasteiger partial charge on any atom is 0.267 e. The van der Waals surface area contributed by atoms with Crippen LogP contribution in [0, 0.1) is 6.92 Å². The summed E-state index contributed by atoms with van der Waals surface area (Å²) in [4.78, 5) is 15.8. The molecule has 17 heavy (non-hydrogen) atoms. The Balaban J connectivity index is 2.85. The van der Waals surface area contributed by atoms with Crippen LogP contribution in [0.2, 0.25) is 0 Å². The van der Waals surface area contributed by atoms with Crippen LogP contribution in [0.25, 0.3) is 0 Å². The summed E-state index contributed by atoms with van der Waals surface area (Å²) in [6.07, 6.45) is 1.97. The number of sulfone groups is 1. The molecule has 96 valence electrons. The van der Waals surface area contributed by atoms with Crippen LogP contribution in [0.4, 0.5) is 0 Å². The Kier molecular flexibility index (Phi) is 4.88. The Labute approximate surface area is 109 Å². The van der Waals surface area contributed by atoms with Crippen molar-refractivity contribution in [3.05, 3.63) is 26.8 Å². The van der Waals surface area contributed by atoms with Crippen molar-refractivity contribution in [2.24, 2.45) is 0 Å². The van der Waals surface area contributed by atoms with E-state index in [2.05, 4.69) is 20.9 Å². The van der Waals surface area contributed by atoms with Crippen LogP contribution in [-0.4, -0.2) is 29.5 Å². The van der Waals surface area contributed by atoms with Crippen LogP contribution in [0.3, 0.4) is 0 Å². The van der Waals surface area contributed by atoms with Crippen LogP contribution in [0.1, 0.15) is 19.0 Å². The summed E-state index contributed by atoms with van der Waals surface area (Å²) >= 11 is 3.14. The summed E-state index contributed by atoms with van der Waals surface area (Å²) in [5, 5.41) is 0. The second-order valence-electron chi connectivity index (χ2n) is 3.79. The summed E-state index contributed by atoms with van der Waals surface area (Å²) in [6, 6.07) is 0. The van der Waals surface area contributed by atoms with E-state index in [9.17, 15) is 13.2 Å². The van der Waals surface area contributed by atoms with Gasteiger partial charge in [0.05, 0.1) is 17.8 Å². The van der Waals surface area contributed by atoms with Gasteiger partial charge in [-0.2, -0.15) is 0 Å². The first-order chi connectivity index (χ1) is 7.87. The predicted octanol–water partition coefficient (Wildman–Crippen LogP) is 1.14. The van der Waals surface area contributed by atoms with E-state index in [1.807, 2.05) is 6.92 Å². The van der Waals surface area contributed by atoms with Crippen molar-refractivity contribution in [1.82, 2.24) is 9.55 Å². The molecular weight excluding hydrogens is 308 g/mol. The zero-order valence-electron chi connectivity index (χ0n) is 9.81. The molecule has 0 aliphatic heterocycles. The molecule has 7 heteroatoms. The smallest absolute Gasteiger partial charge is 0.267 e. The van der Waals surface area contributed by atoms with Gasteiger partial charge in [0, 0.05) is 12.3 Å². The van der Waals surface area contributed by atoms with Crippen molar-refractivity contribution >= 4 is 25.8 Å². The SMILES string of the molecule is CCCS(=O)(=O)CCn1cnc(C)c(Br)c1=O. The topological polar surface area (TPSA) is 69.0 Å². The molecule has 0 unspecified atom stereocenters. The van der Waals surface area contributed by atoms with E-state index in [-0.39, 0.29) is 23.6 Å². The molecule has 0 saturated heterocycles. The molecule has 5 nitrogen and oxygen atoms in total. The van der Waals surface area contributed by atoms with Gasteiger partial charge >= 0.3 is 0 Å². The summed E-state index contributed by atoms with van der Waals surface area (Å²) in [5.41, 5.74) is 0.354. The highest BCUT2D eigenvalue weighted by atomic mass is 79.9. The van der Waals surface area contributed by atoms with Crippen LogP contribution in [-0.2, 0) is 16.4 Å². The summed E-state index contributed by atoms with van der Waals surface area (Å²) in [6.45, 7) is 3.67. The number of halogens is 1. The third-order valence-corrected chi connectivity index (χ3v) is 5.06. The molecule has 1 aromatic rings. The van der Waals surface area contributed by atoms with Gasteiger partial charge in [0.2, 0.25) is 0 Å². The molecule has 0 bridgehead atoms. The highest BCUT2D eigenvalue weighted by molar-refractivity contribution is 9.10. The maximum atomic E-state index is 11.7. The standard InChI is InChI=1S/C10H15BrN2O3S/c1-3-5-17(15,16)6-4-13-7-12-8(2)9(11)10(13)14/h7H,3-6H2,1-2H3. The predicted molar refractivity (Wildman–Crippen MR) is 69.9 cm³/mol. The molecule has 0 amide bonds. The molecule has 0 spiro atoms. The van der Waals surface area contributed by atoms with Crippen molar-refractivity contribution in [3.63, 3.8) is 0 Å². The molecule has 0 aliphatic carbocycles. The maximum absolute atomic E-state index is 11.7. The second-order valence-corrected chi connectivity index (χ2v) is 6.89. The van der Waals surface area contributed by atoms with Gasteiger partial charge in [-0.25, -0.2) is 13.4 Å². The van der Waals surface area contributed by atoms with Crippen LogP contribution in [0.15, 0.2) is 15.6 Å². The van der Waals surface area contributed by atoms with Gasteiger partial charge in [-0.1, -0.05) is 6.92 Å². The van der Waals surface area contributed by atoms with E-state index in [0.29, 0.717) is 16.6 Å². The first kappa shape index (κ1) is 14.4. The van der Waals surface area contributed by atoms with E-state index in [1.54, 1.807) is 6.92 Å². The van der Waals surface area contributed by atoms with Gasteiger partial charge in [-0.15, -0.1) is 0 Å². The van der Waals surface area contributed by atoms with Crippen LogP contribution in [0.5, 0.6) is 0 Å². The highest BCUT2D eigenvalue weighted by Crippen LogP contribution is 2.06. The molecule has 0 aromatic carbocycles. The minimum Gasteiger partial charge on any atom is -0.297 e. The summed E-state index contributed by atoms with van der Waals surface area (Å²) < 4.78 is 24.7. The third kappa shape index (κ3) is 3.92. The normalized spacial score (nSPS) is 11.7. The second kappa shape index (κ2) is 5.77. The van der Waals surface area contributed by atoms with Crippen molar-refractivity contribution in [2.75, 3.05) is 11.5 Å². The van der Waals surface area contributed by atoms with Crippen molar-refractivity contribution in [2.45, 2.75) is 26.8 Å². The Hall–Kier alpha value is -0.690. The fourth-order valence-electron chi connectivity index (χ4n) is 1.36. The first-order valence-electron chi connectivity index (χ1n) is 5.29. The summed E-state index contributed by atoms with van der Waals surface area (Å²) in [7, 11) is -3.07. The summed E-state index contributed by atoms with van der Waals surface area (Å²) in [5.74, 6) is 0.125. The zero-order valence-corrected chi connectivity index (χ0v) is 12.2. The monoisotopic (exact) mass is 322 g/mol. The average molecular weight is 323 g/mol. The Morgan fingerprint density at radius 3 is 2.65 bits per heavy atom. The third-order valence-electron chi connectivity index (χ3n) is 2.32. The lowest BCUT2D eigenvalue weighted by atomic mass is 10.4. The fraction of sp³-hybridized carbons (Fsp3) is 0.600. The van der Waals surface area contributed by atoms with Crippen molar-refractivity contribution in [3.8, 4) is 0 Å². The lowest BCUT2D eigenvalue weighted by Gasteiger charge is -2.07. The number of aryl methyl sites for hydroxylation is 2. The largest absolute Gasteiger partial charge is 0.297 e. The molecule has 0 fully saturated rings. The molecule has 1 aromatic heterocycles. The molecule has 0 saturated carbocycles. The lowest BCUT2D eigenvalue weighted by Crippen LogP contribution is -2.26. The van der Waals surface area contributed by atoms with Crippen molar-refractivity contribution < 1.29 is 8.42 Å². The number of aromatic nitrogens is 2. The number of nitrogens with zero attached hydrogens (tertiary/aromatic N) is 2. The molecule has 0 radical (unpaired) electrons. The fourth-order valence-corrected chi connectivity index (χ4v) is 2.99. The van der Waals surface area contributed by atoms with Crippen LogP contribution >= 0.6 is 15.9 Å². The van der Waals surface area contributed by atoms with Gasteiger partial charge in [-0.3, -0.25) is 9.36 Å².